The van der Waals surface area contributed by atoms with Crippen LogP contribution in [0.4, 0.5) is 13.2 Å². The SMILES string of the molecule is Br.N=c1sc2cc(OC(F)(F)F)ccc2n1CCS. The van der Waals surface area contributed by atoms with Gasteiger partial charge in [0.2, 0.25) is 0 Å². The van der Waals surface area contributed by atoms with E-state index in [-0.39, 0.29) is 27.5 Å². The van der Waals surface area contributed by atoms with E-state index in [9.17, 15) is 13.2 Å². The second-order valence-electron chi connectivity index (χ2n) is 3.46. The number of aryl methyl sites for hydroxylation is 1. The van der Waals surface area contributed by atoms with E-state index in [1.165, 1.54) is 18.2 Å². The van der Waals surface area contributed by atoms with Gasteiger partial charge in [0, 0.05) is 12.3 Å². The van der Waals surface area contributed by atoms with Crippen molar-refractivity contribution in [1.29, 1.82) is 5.41 Å². The molecule has 2 aromatic rings. The van der Waals surface area contributed by atoms with Crippen molar-refractivity contribution in [2.45, 2.75) is 12.9 Å². The lowest BCUT2D eigenvalue weighted by Gasteiger charge is -2.08. The number of fused-ring (bicyclic) bond motifs is 1. The van der Waals surface area contributed by atoms with Gasteiger partial charge in [-0.1, -0.05) is 11.3 Å². The fourth-order valence-electron chi connectivity index (χ4n) is 1.59. The maximum absolute atomic E-state index is 12.1. The van der Waals surface area contributed by atoms with E-state index >= 15 is 0 Å². The van der Waals surface area contributed by atoms with Gasteiger partial charge in [-0.25, -0.2) is 0 Å². The van der Waals surface area contributed by atoms with Gasteiger partial charge >= 0.3 is 6.36 Å². The van der Waals surface area contributed by atoms with Crippen LogP contribution in [0.5, 0.6) is 5.75 Å². The molecule has 0 radical (unpaired) electrons. The minimum atomic E-state index is -4.70. The molecular formula is C10H10BrF3N2OS2. The minimum absolute atomic E-state index is 0. The van der Waals surface area contributed by atoms with Crippen molar-refractivity contribution in [1.82, 2.24) is 4.57 Å². The van der Waals surface area contributed by atoms with Crippen LogP contribution in [0.2, 0.25) is 0 Å². The Hall–Kier alpha value is -0.670. The number of benzene rings is 1. The Morgan fingerprint density at radius 2 is 2.05 bits per heavy atom. The highest BCUT2D eigenvalue weighted by Crippen LogP contribution is 2.27. The number of ether oxygens (including phenoxy) is 1. The van der Waals surface area contributed by atoms with Crippen LogP contribution in [0.1, 0.15) is 0 Å². The molecule has 1 N–H and O–H groups in total. The zero-order chi connectivity index (χ0) is 13.3. The van der Waals surface area contributed by atoms with Crippen molar-refractivity contribution >= 4 is 51.2 Å². The predicted molar refractivity (Wildman–Crippen MR) is 76.5 cm³/mol. The molecule has 1 heterocycles. The Morgan fingerprint density at radius 3 is 2.63 bits per heavy atom. The Morgan fingerprint density at radius 1 is 1.37 bits per heavy atom. The van der Waals surface area contributed by atoms with Crippen LogP contribution < -0.4 is 9.54 Å². The van der Waals surface area contributed by atoms with E-state index < -0.39 is 6.36 Å². The molecule has 2 rings (SSSR count). The molecule has 0 bridgehead atoms. The first-order valence-corrected chi connectivity index (χ1v) is 6.40. The molecule has 1 aromatic carbocycles. The summed E-state index contributed by atoms with van der Waals surface area (Å²) < 4.78 is 42.4. The molecule has 0 atom stereocenters. The van der Waals surface area contributed by atoms with Crippen molar-refractivity contribution in [2.75, 3.05) is 5.75 Å². The van der Waals surface area contributed by atoms with E-state index in [2.05, 4.69) is 17.4 Å². The zero-order valence-corrected chi connectivity index (χ0v) is 12.8. The molecule has 9 heteroatoms. The quantitative estimate of drug-likeness (QED) is 0.791. The molecule has 0 fully saturated rings. The zero-order valence-electron chi connectivity index (χ0n) is 9.40. The third kappa shape index (κ3) is 3.90. The van der Waals surface area contributed by atoms with Crippen LogP contribution in [0.15, 0.2) is 18.2 Å². The summed E-state index contributed by atoms with van der Waals surface area (Å²) >= 11 is 5.19. The van der Waals surface area contributed by atoms with Gasteiger partial charge < -0.3 is 9.30 Å². The summed E-state index contributed by atoms with van der Waals surface area (Å²) in [6.45, 7) is 0.543. The summed E-state index contributed by atoms with van der Waals surface area (Å²) in [4.78, 5) is 0.281. The van der Waals surface area contributed by atoms with Gasteiger partial charge in [-0.3, -0.25) is 5.41 Å². The van der Waals surface area contributed by atoms with Gasteiger partial charge in [0.1, 0.15) is 5.75 Å². The fourth-order valence-corrected chi connectivity index (χ4v) is 2.75. The number of hydrogen-bond acceptors (Lipinski definition) is 4. The number of alkyl halides is 3. The minimum Gasteiger partial charge on any atom is -0.406 e. The topological polar surface area (TPSA) is 38.0 Å². The predicted octanol–water partition coefficient (Wildman–Crippen LogP) is 3.59. The second kappa shape index (κ2) is 6.19. The maximum Gasteiger partial charge on any atom is 0.573 e. The molecule has 0 unspecified atom stereocenters. The number of halogens is 4. The number of nitrogens with zero attached hydrogens (tertiary/aromatic N) is 1. The smallest absolute Gasteiger partial charge is 0.406 e. The van der Waals surface area contributed by atoms with Crippen LogP contribution >= 0.6 is 40.9 Å². The molecule has 0 aliphatic rings. The average Bonchev–Trinajstić information content (AvgIpc) is 2.53. The van der Waals surface area contributed by atoms with E-state index in [1.807, 2.05) is 0 Å². The van der Waals surface area contributed by atoms with Gasteiger partial charge in [-0.2, -0.15) is 12.6 Å². The number of thiol groups is 1. The molecule has 0 spiro atoms. The maximum atomic E-state index is 12.1. The van der Waals surface area contributed by atoms with Crippen LogP contribution in [-0.4, -0.2) is 16.7 Å². The van der Waals surface area contributed by atoms with E-state index in [4.69, 9.17) is 5.41 Å². The lowest BCUT2D eigenvalue weighted by Crippen LogP contribution is -2.17. The summed E-state index contributed by atoms with van der Waals surface area (Å²) in [6.07, 6.45) is -4.70. The van der Waals surface area contributed by atoms with Gasteiger partial charge in [0.15, 0.2) is 4.80 Å². The highest BCUT2D eigenvalue weighted by atomic mass is 79.9. The summed E-state index contributed by atoms with van der Waals surface area (Å²) in [5.74, 6) is 0.290. The van der Waals surface area contributed by atoms with E-state index in [1.54, 1.807) is 4.57 Å². The third-order valence-electron chi connectivity index (χ3n) is 2.23. The van der Waals surface area contributed by atoms with E-state index in [0.29, 0.717) is 22.5 Å². The summed E-state index contributed by atoms with van der Waals surface area (Å²) in [6, 6.07) is 4.06. The van der Waals surface area contributed by atoms with Crippen molar-refractivity contribution in [2.24, 2.45) is 0 Å². The van der Waals surface area contributed by atoms with Gasteiger partial charge in [-0.15, -0.1) is 30.2 Å². The van der Waals surface area contributed by atoms with Gasteiger partial charge in [0.05, 0.1) is 10.2 Å². The Kier molecular flexibility index (Phi) is 5.34. The molecule has 0 aliphatic carbocycles. The summed E-state index contributed by atoms with van der Waals surface area (Å²) in [7, 11) is 0. The van der Waals surface area contributed by atoms with Crippen LogP contribution in [0, 0.1) is 5.41 Å². The largest absolute Gasteiger partial charge is 0.573 e. The van der Waals surface area contributed by atoms with Crippen molar-refractivity contribution in [3.8, 4) is 5.75 Å². The van der Waals surface area contributed by atoms with Crippen LogP contribution in [0.25, 0.3) is 10.2 Å². The first kappa shape index (κ1) is 16.4. The number of nitrogens with one attached hydrogen (secondary N) is 1. The molecule has 0 aliphatic heterocycles. The summed E-state index contributed by atoms with van der Waals surface area (Å²) in [5.41, 5.74) is 0.716. The fraction of sp³-hybridized carbons (Fsp3) is 0.300. The highest BCUT2D eigenvalue weighted by Gasteiger charge is 2.31. The number of hydrogen-bond donors (Lipinski definition) is 2. The highest BCUT2D eigenvalue weighted by molar-refractivity contribution is 8.93. The molecule has 0 saturated carbocycles. The van der Waals surface area contributed by atoms with Crippen molar-refractivity contribution in [3.05, 3.63) is 23.0 Å². The molecule has 106 valence electrons. The third-order valence-corrected chi connectivity index (χ3v) is 3.39. The van der Waals surface area contributed by atoms with E-state index in [0.717, 1.165) is 11.3 Å². The molecule has 19 heavy (non-hydrogen) atoms. The average molecular weight is 375 g/mol. The van der Waals surface area contributed by atoms with Gasteiger partial charge in [-0.05, 0) is 18.2 Å². The first-order valence-electron chi connectivity index (χ1n) is 4.95. The molecule has 3 nitrogen and oxygen atoms in total. The Bertz CT molecular complexity index is 623. The second-order valence-corrected chi connectivity index (χ2v) is 4.94. The molecule has 1 aromatic heterocycles. The number of thiazole rings is 1. The van der Waals surface area contributed by atoms with Crippen molar-refractivity contribution < 1.29 is 17.9 Å². The van der Waals surface area contributed by atoms with Crippen molar-refractivity contribution in [3.63, 3.8) is 0 Å². The standard InChI is InChI=1S/C10H9F3N2OS2.BrH/c11-10(12,13)16-6-1-2-7-8(5-6)18-9(14)15(7)3-4-17;/h1-2,5,14,17H,3-4H2;1H. The lowest BCUT2D eigenvalue weighted by atomic mass is 10.3. The monoisotopic (exact) mass is 374 g/mol. The van der Waals surface area contributed by atoms with Gasteiger partial charge in [0.25, 0.3) is 0 Å². The summed E-state index contributed by atoms with van der Waals surface area (Å²) in [5, 5.41) is 7.74. The Balaban J connectivity index is 0.00000180. The molecule has 0 amide bonds. The number of rotatable bonds is 3. The first-order chi connectivity index (χ1) is 8.40. The van der Waals surface area contributed by atoms with Crippen LogP contribution in [-0.2, 0) is 6.54 Å². The Labute approximate surface area is 126 Å². The normalized spacial score (nSPS) is 11.4. The molecule has 0 saturated heterocycles. The number of aromatic nitrogens is 1. The van der Waals surface area contributed by atoms with Crippen LogP contribution in [0.3, 0.4) is 0 Å². The lowest BCUT2D eigenvalue weighted by molar-refractivity contribution is -0.274. The molecular weight excluding hydrogens is 365 g/mol.